The molecule has 6 nitrogen and oxygen atoms in total. The van der Waals surface area contributed by atoms with E-state index < -0.39 is 0 Å². The number of amides is 1. The third-order valence-electron chi connectivity index (χ3n) is 3.86. The molecule has 2 aromatic carbocycles. The van der Waals surface area contributed by atoms with Gasteiger partial charge in [-0.2, -0.15) is 4.98 Å². The smallest absolute Gasteiger partial charge is 0.227 e. The number of nitrogens with zero attached hydrogens (tertiary/aromatic N) is 2. The van der Waals surface area contributed by atoms with Gasteiger partial charge in [0.1, 0.15) is 5.75 Å². The predicted molar refractivity (Wildman–Crippen MR) is 99.4 cm³/mol. The Kier molecular flexibility index (Phi) is 5.53. The van der Waals surface area contributed by atoms with Crippen LogP contribution in [0.5, 0.6) is 5.75 Å². The lowest BCUT2D eigenvalue weighted by atomic mass is 10.2. The molecule has 0 atom stereocenters. The number of carbonyl (C=O) groups is 1. The maximum absolute atomic E-state index is 12.2. The minimum Gasteiger partial charge on any atom is -0.496 e. The summed E-state index contributed by atoms with van der Waals surface area (Å²) in [7, 11) is 1.59. The van der Waals surface area contributed by atoms with E-state index in [1.807, 2.05) is 37.3 Å². The van der Waals surface area contributed by atoms with Gasteiger partial charge in [-0.3, -0.25) is 4.79 Å². The number of methoxy groups -OCH3 is 1. The highest BCUT2D eigenvalue weighted by molar-refractivity contribution is 6.31. The highest BCUT2D eigenvalue weighted by Gasteiger charge is 2.14. The zero-order valence-corrected chi connectivity index (χ0v) is 15.2. The molecule has 7 heteroatoms. The van der Waals surface area contributed by atoms with Gasteiger partial charge in [0, 0.05) is 23.6 Å². The van der Waals surface area contributed by atoms with Crippen LogP contribution in [0.3, 0.4) is 0 Å². The molecule has 0 saturated carbocycles. The Balaban J connectivity index is 1.63. The summed E-state index contributed by atoms with van der Waals surface area (Å²) in [5, 5.41) is 7.39. The Morgan fingerprint density at radius 1 is 1.27 bits per heavy atom. The highest BCUT2D eigenvalue weighted by Crippen LogP contribution is 2.27. The van der Waals surface area contributed by atoms with Gasteiger partial charge in [0.2, 0.25) is 17.6 Å². The van der Waals surface area contributed by atoms with Crippen molar-refractivity contribution in [3.63, 3.8) is 0 Å². The number of rotatable bonds is 6. The molecule has 0 aliphatic rings. The first-order valence-electron chi connectivity index (χ1n) is 8.09. The van der Waals surface area contributed by atoms with Crippen molar-refractivity contribution in [1.29, 1.82) is 0 Å². The fraction of sp³-hybridized carbons (Fsp3) is 0.211. The van der Waals surface area contributed by atoms with Crippen LogP contribution >= 0.6 is 11.6 Å². The van der Waals surface area contributed by atoms with Gasteiger partial charge in [0.15, 0.2) is 0 Å². The summed E-state index contributed by atoms with van der Waals surface area (Å²) in [6.07, 6.45) is 0.563. The van der Waals surface area contributed by atoms with Crippen molar-refractivity contribution in [2.45, 2.75) is 19.8 Å². The molecule has 1 heterocycles. The Bertz CT molecular complexity index is 924. The van der Waals surface area contributed by atoms with Gasteiger partial charge in [-0.25, -0.2) is 0 Å². The van der Waals surface area contributed by atoms with Crippen molar-refractivity contribution < 1.29 is 14.1 Å². The van der Waals surface area contributed by atoms with Crippen LogP contribution in [-0.4, -0.2) is 23.2 Å². The molecule has 3 aromatic rings. The summed E-state index contributed by atoms with van der Waals surface area (Å²) >= 11 is 5.96. The molecular formula is C19H18ClN3O3. The van der Waals surface area contributed by atoms with E-state index in [1.54, 1.807) is 19.2 Å². The standard InChI is InChI=1S/C19H18ClN3O3/c1-12-7-8-13(20)11-15(12)21-17(24)9-10-18-22-19(23-26-18)14-5-3-4-6-16(14)25-2/h3-8,11H,9-10H2,1-2H3,(H,21,24). The highest BCUT2D eigenvalue weighted by atomic mass is 35.5. The third kappa shape index (κ3) is 4.21. The molecule has 0 aliphatic heterocycles. The summed E-state index contributed by atoms with van der Waals surface area (Å²) in [5.41, 5.74) is 2.38. The van der Waals surface area contributed by atoms with E-state index in [0.29, 0.717) is 34.6 Å². The molecule has 0 fully saturated rings. The van der Waals surface area contributed by atoms with E-state index in [9.17, 15) is 4.79 Å². The largest absolute Gasteiger partial charge is 0.496 e. The third-order valence-corrected chi connectivity index (χ3v) is 4.09. The Morgan fingerprint density at radius 3 is 2.88 bits per heavy atom. The first-order chi connectivity index (χ1) is 12.6. The van der Waals surface area contributed by atoms with Gasteiger partial charge in [0.25, 0.3) is 0 Å². The number of ether oxygens (including phenoxy) is 1. The van der Waals surface area contributed by atoms with E-state index in [4.69, 9.17) is 20.9 Å². The first kappa shape index (κ1) is 17.9. The summed E-state index contributed by atoms with van der Waals surface area (Å²) in [4.78, 5) is 16.5. The molecule has 3 rings (SSSR count). The Hall–Kier alpha value is -2.86. The average molecular weight is 372 g/mol. The number of benzene rings is 2. The average Bonchev–Trinajstić information content (AvgIpc) is 3.12. The number of nitrogens with one attached hydrogen (secondary N) is 1. The van der Waals surface area contributed by atoms with Crippen LogP contribution < -0.4 is 10.1 Å². The van der Waals surface area contributed by atoms with Gasteiger partial charge in [-0.05, 0) is 36.8 Å². The number of para-hydroxylation sites is 1. The van der Waals surface area contributed by atoms with Crippen LogP contribution in [0.25, 0.3) is 11.4 Å². The van der Waals surface area contributed by atoms with E-state index in [-0.39, 0.29) is 12.3 Å². The second kappa shape index (κ2) is 8.01. The second-order valence-electron chi connectivity index (χ2n) is 5.72. The fourth-order valence-corrected chi connectivity index (χ4v) is 2.63. The van der Waals surface area contributed by atoms with Crippen molar-refractivity contribution >= 4 is 23.2 Å². The molecule has 0 spiro atoms. The summed E-state index contributed by atoms with van der Waals surface area (Å²) in [5.74, 6) is 1.34. The van der Waals surface area contributed by atoms with Crippen molar-refractivity contribution in [1.82, 2.24) is 10.1 Å². The normalized spacial score (nSPS) is 10.6. The van der Waals surface area contributed by atoms with E-state index in [0.717, 1.165) is 11.1 Å². The zero-order chi connectivity index (χ0) is 18.5. The van der Waals surface area contributed by atoms with Crippen LogP contribution in [0.15, 0.2) is 47.0 Å². The lowest BCUT2D eigenvalue weighted by Crippen LogP contribution is -2.13. The molecule has 0 radical (unpaired) electrons. The van der Waals surface area contributed by atoms with Gasteiger partial charge in [-0.1, -0.05) is 35.0 Å². The molecule has 1 aromatic heterocycles. The maximum atomic E-state index is 12.2. The number of hydrogen-bond donors (Lipinski definition) is 1. The molecular weight excluding hydrogens is 354 g/mol. The van der Waals surface area contributed by atoms with Crippen LogP contribution in [0, 0.1) is 6.92 Å². The van der Waals surface area contributed by atoms with Crippen molar-refractivity contribution in [2.75, 3.05) is 12.4 Å². The minimum absolute atomic E-state index is 0.146. The van der Waals surface area contributed by atoms with Gasteiger partial charge < -0.3 is 14.6 Å². The Labute approximate surface area is 156 Å². The molecule has 0 bridgehead atoms. The van der Waals surface area contributed by atoms with Crippen LogP contribution in [-0.2, 0) is 11.2 Å². The SMILES string of the molecule is COc1ccccc1-c1noc(CCC(=O)Nc2cc(Cl)ccc2C)n1. The van der Waals surface area contributed by atoms with Crippen LogP contribution in [0.4, 0.5) is 5.69 Å². The first-order valence-corrected chi connectivity index (χ1v) is 8.46. The summed E-state index contributed by atoms with van der Waals surface area (Å²) < 4.78 is 10.5. The van der Waals surface area contributed by atoms with Crippen molar-refractivity contribution in [3.8, 4) is 17.1 Å². The van der Waals surface area contributed by atoms with Crippen LogP contribution in [0.2, 0.25) is 5.02 Å². The van der Waals surface area contributed by atoms with E-state index in [1.165, 1.54) is 0 Å². The fourth-order valence-electron chi connectivity index (χ4n) is 2.46. The van der Waals surface area contributed by atoms with Gasteiger partial charge in [0.05, 0.1) is 12.7 Å². The van der Waals surface area contributed by atoms with Crippen LogP contribution in [0.1, 0.15) is 17.9 Å². The number of anilines is 1. The Morgan fingerprint density at radius 2 is 2.08 bits per heavy atom. The predicted octanol–water partition coefficient (Wildman–Crippen LogP) is 4.28. The lowest BCUT2D eigenvalue weighted by Gasteiger charge is -2.08. The molecule has 0 unspecified atom stereocenters. The monoisotopic (exact) mass is 371 g/mol. The molecule has 1 N–H and O–H groups in total. The van der Waals surface area contributed by atoms with Crippen molar-refractivity contribution in [2.24, 2.45) is 0 Å². The zero-order valence-electron chi connectivity index (χ0n) is 14.5. The number of carbonyl (C=O) groups excluding carboxylic acids is 1. The number of aromatic nitrogens is 2. The topological polar surface area (TPSA) is 77.2 Å². The van der Waals surface area contributed by atoms with Gasteiger partial charge >= 0.3 is 0 Å². The molecule has 0 aliphatic carbocycles. The van der Waals surface area contributed by atoms with Crippen molar-refractivity contribution in [3.05, 3.63) is 58.9 Å². The molecule has 0 saturated heterocycles. The second-order valence-corrected chi connectivity index (χ2v) is 6.16. The molecule has 134 valence electrons. The van der Waals surface area contributed by atoms with Gasteiger partial charge in [-0.15, -0.1) is 0 Å². The summed E-state index contributed by atoms with van der Waals surface area (Å²) in [6, 6.07) is 12.8. The summed E-state index contributed by atoms with van der Waals surface area (Å²) in [6.45, 7) is 1.91. The number of halogens is 1. The lowest BCUT2D eigenvalue weighted by molar-refractivity contribution is -0.116. The minimum atomic E-state index is -0.146. The number of aryl methyl sites for hydroxylation is 2. The van der Waals surface area contributed by atoms with E-state index >= 15 is 0 Å². The molecule has 1 amide bonds. The maximum Gasteiger partial charge on any atom is 0.227 e. The number of hydrogen-bond acceptors (Lipinski definition) is 5. The quantitative estimate of drug-likeness (QED) is 0.699. The van der Waals surface area contributed by atoms with E-state index in [2.05, 4.69) is 15.5 Å². The molecule has 26 heavy (non-hydrogen) atoms.